The Morgan fingerprint density at radius 1 is 1.23 bits per heavy atom. The summed E-state index contributed by atoms with van der Waals surface area (Å²) < 4.78 is 0. The monoisotopic (exact) mass is 197 g/mol. The Morgan fingerprint density at radius 2 is 1.92 bits per heavy atom. The molecule has 0 atom stereocenters. The van der Waals surface area contributed by atoms with Crippen molar-refractivity contribution in [3.05, 3.63) is 29.8 Å². The molecule has 1 rings (SSSR count). The van der Waals surface area contributed by atoms with Gasteiger partial charge in [-0.1, -0.05) is 12.1 Å². The summed E-state index contributed by atoms with van der Waals surface area (Å²) in [5, 5.41) is 8.60. The minimum absolute atomic E-state index is 0.272. The van der Waals surface area contributed by atoms with Gasteiger partial charge in [0.2, 0.25) is 0 Å². The maximum Gasteiger partial charge on any atom is 0.0439 e. The summed E-state index contributed by atoms with van der Waals surface area (Å²) in [4.78, 5) is 1.24. The van der Waals surface area contributed by atoms with Crippen molar-refractivity contribution in [2.45, 2.75) is 17.9 Å². The number of hydrogen-bond acceptors (Lipinski definition) is 3. The maximum atomic E-state index is 8.60. The lowest BCUT2D eigenvalue weighted by molar-refractivity contribution is 0.296. The number of hydrogen-bond donors (Lipinski definition) is 2. The highest BCUT2D eigenvalue weighted by molar-refractivity contribution is 7.99. The smallest absolute Gasteiger partial charge is 0.0439 e. The largest absolute Gasteiger partial charge is 0.396 e. The summed E-state index contributed by atoms with van der Waals surface area (Å²) in [5.41, 5.74) is 6.64. The first-order valence-corrected chi connectivity index (χ1v) is 5.38. The van der Waals surface area contributed by atoms with E-state index in [-0.39, 0.29) is 6.61 Å². The quantitative estimate of drug-likeness (QED) is 0.557. The molecule has 0 saturated carbocycles. The Labute approximate surface area is 83.1 Å². The van der Waals surface area contributed by atoms with E-state index in [1.807, 2.05) is 12.1 Å². The van der Waals surface area contributed by atoms with Crippen LogP contribution < -0.4 is 5.73 Å². The third-order valence-electron chi connectivity index (χ3n) is 1.73. The average Bonchev–Trinajstić information content (AvgIpc) is 2.19. The predicted octanol–water partition coefficient (Wildman–Crippen LogP) is 1.62. The van der Waals surface area contributed by atoms with E-state index < -0.39 is 0 Å². The number of thioether (sulfide) groups is 1. The van der Waals surface area contributed by atoms with Gasteiger partial charge in [-0.15, -0.1) is 11.8 Å². The first kappa shape index (κ1) is 10.6. The van der Waals surface area contributed by atoms with Gasteiger partial charge in [-0.2, -0.15) is 0 Å². The number of nitrogens with two attached hydrogens (primary N) is 1. The lowest BCUT2D eigenvalue weighted by Crippen LogP contribution is -1.95. The van der Waals surface area contributed by atoms with Crippen LogP contribution >= 0.6 is 11.8 Å². The fourth-order valence-electron chi connectivity index (χ4n) is 0.976. The van der Waals surface area contributed by atoms with Crippen LogP contribution in [0.5, 0.6) is 0 Å². The second kappa shape index (κ2) is 6.02. The summed E-state index contributed by atoms with van der Waals surface area (Å²) in [6.45, 7) is 0.871. The molecule has 3 N–H and O–H groups in total. The van der Waals surface area contributed by atoms with Crippen molar-refractivity contribution in [3.63, 3.8) is 0 Å². The number of aliphatic hydroxyl groups excluding tert-OH is 1. The second-order valence-electron chi connectivity index (χ2n) is 2.77. The third-order valence-corrected chi connectivity index (χ3v) is 2.83. The van der Waals surface area contributed by atoms with Crippen molar-refractivity contribution in [2.75, 3.05) is 12.4 Å². The predicted molar refractivity (Wildman–Crippen MR) is 56.8 cm³/mol. The van der Waals surface area contributed by atoms with E-state index in [0.29, 0.717) is 6.54 Å². The topological polar surface area (TPSA) is 46.2 Å². The molecule has 1 aromatic carbocycles. The fraction of sp³-hybridized carbons (Fsp3) is 0.400. The minimum Gasteiger partial charge on any atom is -0.396 e. The zero-order valence-electron chi connectivity index (χ0n) is 7.57. The van der Waals surface area contributed by atoms with Crippen LogP contribution in [0.25, 0.3) is 0 Å². The van der Waals surface area contributed by atoms with Gasteiger partial charge in [0, 0.05) is 23.8 Å². The van der Waals surface area contributed by atoms with Gasteiger partial charge in [0.1, 0.15) is 0 Å². The van der Waals surface area contributed by atoms with Crippen molar-refractivity contribution in [2.24, 2.45) is 5.73 Å². The number of benzene rings is 1. The van der Waals surface area contributed by atoms with Crippen LogP contribution in [0, 0.1) is 0 Å². The SMILES string of the molecule is NCc1ccc(SCCCO)cc1. The Bertz CT molecular complexity index is 235. The highest BCUT2D eigenvalue weighted by atomic mass is 32.2. The van der Waals surface area contributed by atoms with Gasteiger partial charge in [-0.05, 0) is 24.1 Å². The van der Waals surface area contributed by atoms with Crippen LogP contribution in [0.3, 0.4) is 0 Å². The van der Waals surface area contributed by atoms with Crippen molar-refractivity contribution in [1.29, 1.82) is 0 Å². The first-order chi connectivity index (χ1) is 6.36. The number of aliphatic hydroxyl groups is 1. The minimum atomic E-state index is 0.272. The van der Waals surface area contributed by atoms with Gasteiger partial charge in [-0.25, -0.2) is 0 Å². The standard InChI is InChI=1S/C10H15NOS/c11-8-9-2-4-10(5-3-9)13-7-1-6-12/h2-5,12H,1,6-8,11H2. The molecule has 0 spiro atoms. The van der Waals surface area contributed by atoms with Crippen LogP contribution in [0.2, 0.25) is 0 Å². The lowest BCUT2D eigenvalue weighted by atomic mass is 10.2. The van der Waals surface area contributed by atoms with E-state index in [4.69, 9.17) is 10.8 Å². The molecular formula is C10H15NOS. The van der Waals surface area contributed by atoms with Gasteiger partial charge < -0.3 is 10.8 Å². The molecule has 0 amide bonds. The Morgan fingerprint density at radius 3 is 2.46 bits per heavy atom. The normalized spacial score (nSPS) is 10.3. The molecule has 13 heavy (non-hydrogen) atoms. The first-order valence-electron chi connectivity index (χ1n) is 4.39. The van der Waals surface area contributed by atoms with Crippen molar-refractivity contribution < 1.29 is 5.11 Å². The van der Waals surface area contributed by atoms with Crippen LogP contribution in [0.15, 0.2) is 29.2 Å². The molecular weight excluding hydrogens is 182 g/mol. The van der Waals surface area contributed by atoms with Gasteiger partial charge in [-0.3, -0.25) is 0 Å². The molecule has 0 unspecified atom stereocenters. The highest BCUT2D eigenvalue weighted by Crippen LogP contribution is 2.18. The summed E-state index contributed by atoms with van der Waals surface area (Å²) in [5.74, 6) is 0.971. The fourth-order valence-corrected chi connectivity index (χ4v) is 1.81. The van der Waals surface area contributed by atoms with Gasteiger partial charge in [0.05, 0.1) is 0 Å². The van der Waals surface area contributed by atoms with E-state index in [1.165, 1.54) is 4.90 Å². The van der Waals surface area contributed by atoms with Gasteiger partial charge >= 0.3 is 0 Å². The Hall–Kier alpha value is -0.510. The molecule has 2 nitrogen and oxygen atoms in total. The molecule has 72 valence electrons. The molecule has 3 heteroatoms. The molecule has 0 aliphatic carbocycles. The van der Waals surface area contributed by atoms with Crippen molar-refractivity contribution in [1.82, 2.24) is 0 Å². The van der Waals surface area contributed by atoms with Gasteiger partial charge in [0.25, 0.3) is 0 Å². The molecule has 0 heterocycles. The molecule has 0 aliphatic rings. The van der Waals surface area contributed by atoms with Crippen LogP contribution in [-0.4, -0.2) is 17.5 Å². The average molecular weight is 197 g/mol. The van der Waals surface area contributed by atoms with E-state index in [2.05, 4.69) is 12.1 Å². The molecule has 1 aromatic rings. The third kappa shape index (κ3) is 3.81. The summed E-state index contributed by atoms with van der Waals surface area (Å²) in [6.07, 6.45) is 0.851. The van der Waals surface area contributed by atoms with Crippen LogP contribution in [0.1, 0.15) is 12.0 Å². The number of rotatable bonds is 5. The molecule has 0 saturated heterocycles. The lowest BCUT2D eigenvalue weighted by Gasteiger charge is -2.01. The van der Waals surface area contributed by atoms with E-state index in [1.54, 1.807) is 11.8 Å². The van der Waals surface area contributed by atoms with Gasteiger partial charge in [0.15, 0.2) is 0 Å². The highest BCUT2D eigenvalue weighted by Gasteiger charge is 1.93. The molecule has 0 aliphatic heterocycles. The second-order valence-corrected chi connectivity index (χ2v) is 3.94. The zero-order valence-corrected chi connectivity index (χ0v) is 8.39. The Kier molecular flexibility index (Phi) is 4.90. The zero-order chi connectivity index (χ0) is 9.52. The summed E-state index contributed by atoms with van der Waals surface area (Å²) in [6, 6.07) is 8.23. The Balaban J connectivity index is 2.40. The van der Waals surface area contributed by atoms with E-state index in [9.17, 15) is 0 Å². The molecule has 0 bridgehead atoms. The molecule has 0 aromatic heterocycles. The summed E-state index contributed by atoms with van der Waals surface area (Å²) >= 11 is 1.76. The van der Waals surface area contributed by atoms with Crippen molar-refractivity contribution in [3.8, 4) is 0 Å². The molecule has 0 radical (unpaired) electrons. The van der Waals surface area contributed by atoms with Crippen molar-refractivity contribution >= 4 is 11.8 Å². The van der Waals surface area contributed by atoms with Crippen LogP contribution in [-0.2, 0) is 6.54 Å². The van der Waals surface area contributed by atoms with E-state index in [0.717, 1.165) is 17.7 Å². The van der Waals surface area contributed by atoms with Crippen LogP contribution in [0.4, 0.5) is 0 Å². The van der Waals surface area contributed by atoms with E-state index >= 15 is 0 Å². The summed E-state index contributed by atoms with van der Waals surface area (Å²) in [7, 11) is 0. The molecule has 0 fully saturated rings. The maximum absolute atomic E-state index is 8.60.